The first-order valence-electron chi connectivity index (χ1n) is 8.38. The SMILES string of the molecule is CCOC1CC(CCNC(=O)NC2C[C@@H](C)O[C@@H](C)C2)C1. The van der Waals surface area contributed by atoms with Crippen LogP contribution < -0.4 is 10.6 Å². The van der Waals surface area contributed by atoms with Gasteiger partial charge in [-0.15, -0.1) is 0 Å². The summed E-state index contributed by atoms with van der Waals surface area (Å²) in [5, 5.41) is 6.04. The van der Waals surface area contributed by atoms with Gasteiger partial charge in [-0.25, -0.2) is 4.79 Å². The lowest BCUT2D eigenvalue weighted by Crippen LogP contribution is -2.48. The third-order valence-corrected chi connectivity index (χ3v) is 4.47. The standard InChI is InChI=1S/C16H30N2O3/c1-4-20-15-9-13(10-15)5-6-17-16(19)18-14-7-11(2)21-12(3)8-14/h11-15H,4-10H2,1-3H3,(H2,17,18,19)/t11-,12+,13?,14?,15?. The fraction of sp³-hybridized carbons (Fsp3) is 0.938. The van der Waals surface area contributed by atoms with Crippen LogP contribution in [0.3, 0.4) is 0 Å². The van der Waals surface area contributed by atoms with E-state index >= 15 is 0 Å². The number of hydrogen-bond donors (Lipinski definition) is 2. The zero-order valence-corrected chi connectivity index (χ0v) is 13.6. The van der Waals surface area contributed by atoms with Crippen LogP contribution in [-0.2, 0) is 9.47 Å². The molecule has 0 spiro atoms. The van der Waals surface area contributed by atoms with Gasteiger partial charge in [0.05, 0.1) is 18.3 Å². The molecular weight excluding hydrogens is 268 g/mol. The van der Waals surface area contributed by atoms with Gasteiger partial charge in [-0.2, -0.15) is 0 Å². The number of carbonyl (C=O) groups is 1. The van der Waals surface area contributed by atoms with Crippen molar-refractivity contribution in [2.75, 3.05) is 13.2 Å². The molecule has 2 fully saturated rings. The third-order valence-electron chi connectivity index (χ3n) is 4.47. The van der Waals surface area contributed by atoms with Crippen LogP contribution in [0.1, 0.15) is 52.9 Å². The summed E-state index contributed by atoms with van der Waals surface area (Å²) in [4.78, 5) is 11.9. The Morgan fingerprint density at radius 2 is 1.86 bits per heavy atom. The smallest absolute Gasteiger partial charge is 0.315 e. The van der Waals surface area contributed by atoms with Crippen LogP contribution in [-0.4, -0.2) is 43.5 Å². The minimum Gasteiger partial charge on any atom is -0.378 e. The van der Waals surface area contributed by atoms with Crippen molar-refractivity contribution >= 4 is 6.03 Å². The normalized spacial score (nSPS) is 35.9. The molecule has 0 aromatic rings. The molecule has 21 heavy (non-hydrogen) atoms. The highest BCUT2D eigenvalue weighted by molar-refractivity contribution is 5.74. The molecule has 2 amide bonds. The van der Waals surface area contributed by atoms with E-state index in [0.717, 1.165) is 45.3 Å². The van der Waals surface area contributed by atoms with Gasteiger partial charge in [0, 0.05) is 19.2 Å². The van der Waals surface area contributed by atoms with E-state index in [1.165, 1.54) is 0 Å². The molecule has 1 saturated carbocycles. The molecule has 1 unspecified atom stereocenters. The van der Waals surface area contributed by atoms with Gasteiger partial charge in [0.25, 0.3) is 0 Å². The summed E-state index contributed by atoms with van der Waals surface area (Å²) in [6, 6.07) is 0.191. The maximum atomic E-state index is 11.9. The molecule has 1 heterocycles. The van der Waals surface area contributed by atoms with E-state index < -0.39 is 0 Å². The highest BCUT2D eigenvalue weighted by atomic mass is 16.5. The number of rotatable bonds is 6. The number of amides is 2. The molecule has 0 bridgehead atoms. The zero-order valence-electron chi connectivity index (χ0n) is 13.6. The van der Waals surface area contributed by atoms with Crippen molar-refractivity contribution in [3.8, 4) is 0 Å². The predicted molar refractivity (Wildman–Crippen MR) is 82.3 cm³/mol. The topological polar surface area (TPSA) is 59.6 Å². The van der Waals surface area contributed by atoms with Gasteiger partial charge in [-0.1, -0.05) is 0 Å². The highest BCUT2D eigenvalue weighted by Crippen LogP contribution is 2.32. The average molecular weight is 298 g/mol. The summed E-state index contributed by atoms with van der Waals surface area (Å²) in [5.74, 6) is 0.713. The molecule has 0 aromatic carbocycles. The Hall–Kier alpha value is -0.810. The van der Waals surface area contributed by atoms with Crippen LogP contribution in [0.5, 0.6) is 0 Å². The minimum absolute atomic E-state index is 0.0398. The monoisotopic (exact) mass is 298 g/mol. The van der Waals surface area contributed by atoms with E-state index in [1.807, 2.05) is 6.92 Å². The lowest BCUT2D eigenvalue weighted by Gasteiger charge is -2.35. The van der Waals surface area contributed by atoms with Gasteiger partial charge < -0.3 is 20.1 Å². The molecule has 0 aromatic heterocycles. The molecule has 1 aliphatic carbocycles. The minimum atomic E-state index is -0.0398. The maximum Gasteiger partial charge on any atom is 0.315 e. The van der Waals surface area contributed by atoms with Crippen LogP contribution in [0.15, 0.2) is 0 Å². The van der Waals surface area contributed by atoms with E-state index in [0.29, 0.717) is 12.0 Å². The molecule has 3 atom stereocenters. The summed E-state index contributed by atoms with van der Waals surface area (Å²) in [7, 11) is 0. The first-order chi connectivity index (χ1) is 10.1. The molecule has 2 N–H and O–H groups in total. The second kappa shape index (κ2) is 7.99. The molecule has 122 valence electrons. The Balaban J connectivity index is 1.54. The summed E-state index contributed by atoms with van der Waals surface area (Å²) >= 11 is 0. The van der Waals surface area contributed by atoms with Crippen LogP contribution in [0.25, 0.3) is 0 Å². The third kappa shape index (κ3) is 5.47. The van der Waals surface area contributed by atoms with Crippen LogP contribution in [0.4, 0.5) is 4.79 Å². The van der Waals surface area contributed by atoms with Gasteiger partial charge in [0.2, 0.25) is 0 Å². The quantitative estimate of drug-likeness (QED) is 0.792. The molecule has 5 nitrogen and oxygen atoms in total. The molecule has 0 radical (unpaired) electrons. The Bertz CT molecular complexity index is 321. The number of hydrogen-bond acceptors (Lipinski definition) is 3. The summed E-state index contributed by atoms with van der Waals surface area (Å²) < 4.78 is 11.2. The fourth-order valence-electron chi connectivity index (χ4n) is 3.43. The van der Waals surface area contributed by atoms with Crippen molar-refractivity contribution in [1.82, 2.24) is 10.6 Å². The predicted octanol–water partition coefficient (Wildman–Crippen LogP) is 2.45. The Kier molecular flexibility index (Phi) is 6.30. The van der Waals surface area contributed by atoms with Crippen molar-refractivity contribution in [2.24, 2.45) is 5.92 Å². The van der Waals surface area contributed by atoms with Gasteiger partial charge in [0.1, 0.15) is 0 Å². The van der Waals surface area contributed by atoms with Crippen molar-refractivity contribution in [3.63, 3.8) is 0 Å². The number of nitrogens with one attached hydrogen (secondary N) is 2. The Morgan fingerprint density at radius 3 is 2.48 bits per heavy atom. The second-order valence-corrected chi connectivity index (χ2v) is 6.53. The first kappa shape index (κ1) is 16.6. The van der Waals surface area contributed by atoms with Gasteiger partial charge in [0.15, 0.2) is 0 Å². The second-order valence-electron chi connectivity index (χ2n) is 6.53. The molecule has 1 saturated heterocycles. The lowest BCUT2D eigenvalue weighted by molar-refractivity contribution is -0.0402. The van der Waals surface area contributed by atoms with E-state index in [2.05, 4.69) is 24.5 Å². The van der Waals surface area contributed by atoms with Crippen molar-refractivity contribution in [1.29, 1.82) is 0 Å². The van der Waals surface area contributed by atoms with Crippen molar-refractivity contribution in [2.45, 2.75) is 77.2 Å². The summed E-state index contributed by atoms with van der Waals surface area (Å²) in [6.07, 6.45) is 6.05. The van der Waals surface area contributed by atoms with Crippen LogP contribution in [0, 0.1) is 5.92 Å². The summed E-state index contributed by atoms with van der Waals surface area (Å²) in [6.45, 7) is 7.72. The van der Waals surface area contributed by atoms with Crippen molar-refractivity contribution < 1.29 is 14.3 Å². The number of carbonyl (C=O) groups excluding carboxylic acids is 1. The van der Waals surface area contributed by atoms with Crippen LogP contribution >= 0.6 is 0 Å². The highest BCUT2D eigenvalue weighted by Gasteiger charge is 2.29. The largest absolute Gasteiger partial charge is 0.378 e. The van der Waals surface area contributed by atoms with E-state index in [-0.39, 0.29) is 24.3 Å². The molecule has 5 heteroatoms. The maximum absolute atomic E-state index is 11.9. The number of urea groups is 1. The molecule has 2 aliphatic rings. The van der Waals surface area contributed by atoms with Gasteiger partial charge in [-0.05, 0) is 58.8 Å². The lowest BCUT2D eigenvalue weighted by atomic mass is 9.80. The number of ether oxygens (including phenoxy) is 2. The Morgan fingerprint density at radius 1 is 1.19 bits per heavy atom. The van der Waals surface area contributed by atoms with Gasteiger partial charge >= 0.3 is 6.03 Å². The van der Waals surface area contributed by atoms with Crippen molar-refractivity contribution in [3.05, 3.63) is 0 Å². The molecular formula is C16H30N2O3. The van der Waals surface area contributed by atoms with Crippen LogP contribution in [0.2, 0.25) is 0 Å². The Labute approximate surface area is 128 Å². The average Bonchev–Trinajstić information content (AvgIpc) is 2.34. The van der Waals surface area contributed by atoms with E-state index in [4.69, 9.17) is 9.47 Å². The van der Waals surface area contributed by atoms with E-state index in [9.17, 15) is 4.79 Å². The fourth-order valence-corrected chi connectivity index (χ4v) is 3.43. The van der Waals surface area contributed by atoms with Gasteiger partial charge in [-0.3, -0.25) is 0 Å². The first-order valence-corrected chi connectivity index (χ1v) is 8.38. The zero-order chi connectivity index (χ0) is 15.2. The molecule has 2 rings (SSSR count). The summed E-state index contributed by atoms with van der Waals surface area (Å²) in [5.41, 5.74) is 0. The van der Waals surface area contributed by atoms with E-state index in [1.54, 1.807) is 0 Å². The molecule has 1 aliphatic heterocycles.